The van der Waals surface area contributed by atoms with E-state index in [9.17, 15) is 9.59 Å². The zero-order chi connectivity index (χ0) is 27.3. The summed E-state index contributed by atoms with van der Waals surface area (Å²) < 4.78 is 6.98. The van der Waals surface area contributed by atoms with Crippen LogP contribution >= 0.6 is 11.6 Å². The van der Waals surface area contributed by atoms with Gasteiger partial charge in [-0.2, -0.15) is 4.63 Å². The Morgan fingerprint density at radius 1 is 0.974 bits per heavy atom. The predicted molar refractivity (Wildman–Crippen MR) is 152 cm³/mol. The molecule has 3 aromatic rings. The van der Waals surface area contributed by atoms with Crippen molar-refractivity contribution in [2.75, 3.05) is 11.9 Å². The summed E-state index contributed by atoms with van der Waals surface area (Å²) in [5.41, 5.74) is 2.77. The van der Waals surface area contributed by atoms with Gasteiger partial charge in [0.1, 0.15) is 5.02 Å². The summed E-state index contributed by atoms with van der Waals surface area (Å²) in [6.07, 6.45) is 13.3. The van der Waals surface area contributed by atoms with E-state index in [4.69, 9.17) is 16.3 Å². The van der Waals surface area contributed by atoms with Crippen molar-refractivity contribution >= 4 is 34.8 Å². The van der Waals surface area contributed by atoms with Gasteiger partial charge < -0.3 is 10.1 Å². The number of unbranched alkanes of at least 4 members (excludes halogenated alkanes) is 8. The Kier molecular flexibility index (Phi) is 12.1. The predicted octanol–water partition coefficient (Wildman–Crippen LogP) is 7.51. The first-order valence-corrected chi connectivity index (χ1v) is 14.5. The molecule has 2 heterocycles. The molecule has 2 N–H and O–H groups in total. The highest BCUT2D eigenvalue weighted by atomic mass is 35.5. The molecule has 1 atom stereocenters. The average Bonchev–Trinajstić information content (AvgIpc) is 3.44. The van der Waals surface area contributed by atoms with Crippen molar-refractivity contribution in [2.45, 2.75) is 97.8 Å². The lowest BCUT2D eigenvalue weighted by molar-refractivity contribution is -0.152. The summed E-state index contributed by atoms with van der Waals surface area (Å²) in [5, 5.41) is 10.8. The van der Waals surface area contributed by atoms with Crippen molar-refractivity contribution in [2.24, 2.45) is 5.92 Å². The van der Waals surface area contributed by atoms with Crippen LogP contribution < -0.4 is 5.32 Å². The van der Waals surface area contributed by atoms with Crippen LogP contribution in [0.25, 0.3) is 17.0 Å². The molecule has 0 aliphatic carbocycles. The third-order valence-corrected chi connectivity index (χ3v) is 7.28. The van der Waals surface area contributed by atoms with Gasteiger partial charge in [-0.25, -0.2) is 4.98 Å². The number of carbonyl (C=O) groups is 2. The van der Waals surface area contributed by atoms with Crippen molar-refractivity contribution in [1.29, 1.82) is 0 Å². The molecular weight excluding hydrogens is 502 g/mol. The van der Waals surface area contributed by atoms with Crippen molar-refractivity contribution in [3.8, 4) is 11.4 Å². The molecule has 9 heteroatoms. The second kappa shape index (κ2) is 15.5. The summed E-state index contributed by atoms with van der Waals surface area (Å²) in [6.45, 7) is 5.97. The number of hydrogen-bond donors (Lipinski definition) is 2. The van der Waals surface area contributed by atoms with E-state index >= 15 is 0 Å². The van der Waals surface area contributed by atoms with E-state index in [0.29, 0.717) is 22.2 Å². The second-order valence-electron chi connectivity index (χ2n) is 10.1. The lowest BCUT2D eigenvalue weighted by Crippen LogP contribution is -2.25. The number of anilines is 1. The SMILES string of the molecule is CCCCCCCCC(CCCCCC)C(=O)OCC(=O)Nc1ccc(-c2nc3c(Cl)c(C)[nH]n3n2)cc1. The highest BCUT2D eigenvalue weighted by Gasteiger charge is 2.20. The van der Waals surface area contributed by atoms with Gasteiger partial charge in [0.25, 0.3) is 5.91 Å². The number of hydrogen-bond acceptors (Lipinski definition) is 5. The molecule has 0 radical (unpaired) electrons. The number of carbonyl (C=O) groups excluding carboxylic acids is 2. The Balaban J connectivity index is 1.47. The number of esters is 1. The number of fused-ring (bicyclic) bond motifs is 1. The third kappa shape index (κ3) is 8.86. The van der Waals surface area contributed by atoms with Crippen LogP contribution in [0.15, 0.2) is 24.3 Å². The Morgan fingerprint density at radius 2 is 1.58 bits per heavy atom. The largest absolute Gasteiger partial charge is 0.455 e. The van der Waals surface area contributed by atoms with Crippen LogP contribution in [0.1, 0.15) is 96.6 Å². The topological polar surface area (TPSA) is 101 Å². The molecule has 0 saturated heterocycles. The Hall–Kier alpha value is -2.87. The number of aryl methyl sites for hydroxylation is 1. The molecule has 8 nitrogen and oxygen atoms in total. The molecule has 3 rings (SSSR count). The Morgan fingerprint density at radius 3 is 2.21 bits per heavy atom. The molecule has 0 saturated carbocycles. The molecule has 0 aliphatic rings. The van der Waals surface area contributed by atoms with Crippen LogP contribution in [0.2, 0.25) is 5.02 Å². The molecule has 0 bridgehead atoms. The lowest BCUT2D eigenvalue weighted by atomic mass is 9.94. The summed E-state index contributed by atoms with van der Waals surface area (Å²) in [5.74, 6) is -0.210. The standard InChI is InChI=1S/C29H42ClN5O3/c1-4-6-8-10-11-13-15-23(14-12-9-7-5-2)29(37)38-20-25(36)31-24-18-16-22(17-19-24)27-32-28-26(30)21(3)33-35(28)34-27/h16-19,23,33H,4-15,20H2,1-3H3,(H,31,36). The fourth-order valence-electron chi connectivity index (χ4n) is 4.55. The zero-order valence-electron chi connectivity index (χ0n) is 23.0. The number of rotatable bonds is 17. The molecule has 1 amide bonds. The number of nitrogens with one attached hydrogen (secondary N) is 2. The van der Waals surface area contributed by atoms with Gasteiger partial charge in [-0.1, -0.05) is 89.7 Å². The van der Waals surface area contributed by atoms with Gasteiger partial charge >= 0.3 is 5.97 Å². The van der Waals surface area contributed by atoms with Crippen LogP contribution in [0.3, 0.4) is 0 Å². The molecular formula is C29H42ClN5O3. The summed E-state index contributed by atoms with van der Waals surface area (Å²) in [4.78, 5) is 29.7. The van der Waals surface area contributed by atoms with E-state index in [2.05, 4.69) is 34.3 Å². The van der Waals surface area contributed by atoms with E-state index < -0.39 is 0 Å². The van der Waals surface area contributed by atoms with E-state index in [1.54, 1.807) is 16.8 Å². The van der Waals surface area contributed by atoms with Crippen molar-refractivity contribution in [1.82, 2.24) is 19.8 Å². The quantitative estimate of drug-likeness (QED) is 0.135. The number of H-pyrrole nitrogens is 1. The molecule has 1 aromatic carbocycles. The summed E-state index contributed by atoms with van der Waals surface area (Å²) in [6, 6.07) is 7.19. The minimum Gasteiger partial charge on any atom is -0.455 e. The first-order valence-electron chi connectivity index (χ1n) is 14.1. The summed E-state index contributed by atoms with van der Waals surface area (Å²) >= 11 is 6.24. The molecule has 2 aromatic heterocycles. The van der Waals surface area contributed by atoms with E-state index in [0.717, 1.165) is 56.2 Å². The number of nitrogens with zero attached hydrogens (tertiary/aromatic N) is 3. The van der Waals surface area contributed by atoms with Gasteiger partial charge in [-0.15, -0.1) is 5.10 Å². The number of ether oxygens (including phenoxy) is 1. The Bertz CT molecular complexity index is 1160. The fourth-order valence-corrected chi connectivity index (χ4v) is 4.72. The van der Waals surface area contributed by atoms with Crippen LogP contribution in [0.4, 0.5) is 5.69 Å². The minimum atomic E-state index is -0.355. The van der Waals surface area contributed by atoms with Crippen LogP contribution in [-0.4, -0.2) is 38.3 Å². The van der Waals surface area contributed by atoms with E-state index in [1.165, 1.54) is 32.1 Å². The van der Waals surface area contributed by atoms with E-state index in [-0.39, 0.29) is 24.4 Å². The molecule has 0 fully saturated rings. The first-order chi connectivity index (χ1) is 18.4. The lowest BCUT2D eigenvalue weighted by Gasteiger charge is -2.16. The van der Waals surface area contributed by atoms with Crippen LogP contribution in [0, 0.1) is 12.8 Å². The first kappa shape index (κ1) is 29.7. The van der Waals surface area contributed by atoms with Crippen molar-refractivity contribution in [3.63, 3.8) is 0 Å². The normalized spacial score (nSPS) is 12.1. The molecule has 0 spiro atoms. The van der Waals surface area contributed by atoms with Gasteiger partial charge in [-0.05, 0) is 44.0 Å². The third-order valence-electron chi connectivity index (χ3n) is 6.82. The van der Waals surface area contributed by atoms with Gasteiger partial charge in [0.05, 0.1) is 11.6 Å². The maximum absolute atomic E-state index is 12.8. The van der Waals surface area contributed by atoms with E-state index in [1.807, 2.05) is 19.1 Å². The van der Waals surface area contributed by atoms with Crippen LogP contribution in [0.5, 0.6) is 0 Å². The highest BCUT2D eigenvalue weighted by molar-refractivity contribution is 6.34. The molecule has 0 aliphatic heterocycles. The second-order valence-corrected chi connectivity index (χ2v) is 10.4. The maximum atomic E-state index is 12.8. The maximum Gasteiger partial charge on any atom is 0.309 e. The van der Waals surface area contributed by atoms with Crippen LogP contribution in [-0.2, 0) is 14.3 Å². The Labute approximate surface area is 230 Å². The van der Waals surface area contributed by atoms with Gasteiger partial charge in [0, 0.05) is 11.3 Å². The smallest absolute Gasteiger partial charge is 0.309 e. The number of aromatic amines is 1. The minimum absolute atomic E-state index is 0.129. The highest BCUT2D eigenvalue weighted by Crippen LogP contribution is 2.24. The zero-order valence-corrected chi connectivity index (χ0v) is 23.8. The van der Waals surface area contributed by atoms with Crippen molar-refractivity contribution in [3.05, 3.63) is 35.0 Å². The molecule has 208 valence electrons. The van der Waals surface area contributed by atoms with Crippen molar-refractivity contribution < 1.29 is 14.3 Å². The monoisotopic (exact) mass is 543 g/mol. The average molecular weight is 544 g/mol. The number of halogens is 1. The number of aromatic nitrogens is 4. The molecule has 1 unspecified atom stereocenters. The van der Waals surface area contributed by atoms with Gasteiger partial charge in [0.15, 0.2) is 18.1 Å². The summed E-state index contributed by atoms with van der Waals surface area (Å²) in [7, 11) is 0. The van der Waals surface area contributed by atoms with Gasteiger partial charge in [-0.3, -0.25) is 14.7 Å². The van der Waals surface area contributed by atoms with Gasteiger partial charge in [0.2, 0.25) is 0 Å². The molecule has 38 heavy (non-hydrogen) atoms. The number of amides is 1. The number of benzene rings is 1. The fraction of sp³-hybridized carbons (Fsp3) is 0.586.